The van der Waals surface area contributed by atoms with Gasteiger partial charge in [0.05, 0.1) is 11.0 Å². The fourth-order valence-electron chi connectivity index (χ4n) is 2.33. The Balaban J connectivity index is 2.58. The van der Waals surface area contributed by atoms with Crippen LogP contribution in [0.3, 0.4) is 0 Å². The molecule has 6 heteroatoms. The summed E-state index contributed by atoms with van der Waals surface area (Å²) in [7, 11) is -2.16. The molecule has 1 saturated carbocycles. The minimum absolute atomic E-state index is 0.0287. The lowest BCUT2D eigenvalue weighted by Gasteiger charge is -2.34. The molecule has 4 atom stereocenters. The van der Waals surface area contributed by atoms with E-state index in [1.54, 1.807) is 0 Å². The first-order valence-corrected chi connectivity index (χ1v) is 9.50. The lowest BCUT2D eigenvalue weighted by Crippen LogP contribution is -2.45. The third-order valence-electron chi connectivity index (χ3n) is 3.42. The molecule has 0 radical (unpaired) electrons. The number of nitrogens with one attached hydrogen (secondary N) is 1. The summed E-state index contributed by atoms with van der Waals surface area (Å²) in [5, 5.41) is 3.31. The average Bonchev–Trinajstić information content (AvgIpc) is 2.25. The van der Waals surface area contributed by atoms with Crippen molar-refractivity contribution < 1.29 is 12.6 Å². The second-order valence-corrected chi connectivity index (χ2v) is 9.10. The summed E-state index contributed by atoms with van der Waals surface area (Å²) in [5.41, 5.74) is 0. The van der Waals surface area contributed by atoms with E-state index in [0.29, 0.717) is 5.92 Å². The van der Waals surface area contributed by atoms with Gasteiger partial charge in [-0.3, -0.25) is 4.21 Å². The van der Waals surface area contributed by atoms with Crippen LogP contribution in [0.1, 0.15) is 26.2 Å². The van der Waals surface area contributed by atoms with Crippen LogP contribution in [-0.2, 0) is 20.6 Å². The monoisotopic (exact) mass is 281 g/mol. The number of sulfone groups is 1. The van der Waals surface area contributed by atoms with E-state index in [1.165, 1.54) is 6.26 Å². The van der Waals surface area contributed by atoms with E-state index in [4.69, 9.17) is 0 Å². The molecule has 0 saturated heterocycles. The fourth-order valence-corrected chi connectivity index (χ4v) is 5.69. The zero-order valence-corrected chi connectivity index (χ0v) is 12.4. The third kappa shape index (κ3) is 5.06. The van der Waals surface area contributed by atoms with E-state index in [1.807, 2.05) is 7.05 Å². The van der Waals surface area contributed by atoms with E-state index >= 15 is 0 Å². The molecule has 0 aromatic rings. The van der Waals surface area contributed by atoms with Crippen LogP contribution in [0.5, 0.6) is 0 Å². The van der Waals surface area contributed by atoms with Gasteiger partial charge in [-0.2, -0.15) is 0 Å². The molecular formula is C11H23NO3S2. The van der Waals surface area contributed by atoms with Crippen LogP contribution in [0, 0.1) is 5.92 Å². The van der Waals surface area contributed by atoms with Gasteiger partial charge in [0, 0.05) is 28.9 Å². The molecule has 1 fully saturated rings. The van der Waals surface area contributed by atoms with Crippen molar-refractivity contribution in [2.24, 2.45) is 5.92 Å². The highest BCUT2D eigenvalue weighted by molar-refractivity contribution is 7.92. The van der Waals surface area contributed by atoms with Gasteiger partial charge in [-0.05, 0) is 32.2 Å². The van der Waals surface area contributed by atoms with Crippen LogP contribution >= 0.6 is 0 Å². The summed E-state index contributed by atoms with van der Waals surface area (Å²) in [6.45, 7) is 2.17. The van der Waals surface area contributed by atoms with Gasteiger partial charge in [0.15, 0.2) is 0 Å². The second kappa shape index (κ2) is 6.29. The van der Waals surface area contributed by atoms with Crippen molar-refractivity contribution in [2.45, 2.75) is 37.5 Å². The first kappa shape index (κ1) is 15.1. The van der Waals surface area contributed by atoms with Crippen molar-refractivity contribution in [1.82, 2.24) is 5.32 Å². The molecule has 4 nitrogen and oxygen atoms in total. The number of hydrogen-bond acceptors (Lipinski definition) is 4. The molecule has 0 bridgehead atoms. The fraction of sp³-hybridized carbons (Fsp3) is 1.00. The lowest BCUT2D eigenvalue weighted by molar-refractivity contribution is 0.325. The predicted molar refractivity (Wildman–Crippen MR) is 72.4 cm³/mol. The highest BCUT2D eigenvalue weighted by atomic mass is 32.2. The maximum absolute atomic E-state index is 12.2. The number of rotatable bonds is 5. The molecule has 1 rings (SSSR count). The molecule has 1 aliphatic rings. The Morgan fingerprint density at radius 2 is 2.00 bits per heavy atom. The first-order chi connectivity index (χ1) is 7.83. The maximum atomic E-state index is 12.2. The van der Waals surface area contributed by atoms with Crippen LogP contribution < -0.4 is 5.32 Å². The van der Waals surface area contributed by atoms with Crippen molar-refractivity contribution in [3.63, 3.8) is 0 Å². The van der Waals surface area contributed by atoms with Crippen LogP contribution in [0.15, 0.2) is 0 Å². The van der Waals surface area contributed by atoms with Gasteiger partial charge >= 0.3 is 0 Å². The molecule has 0 aliphatic heterocycles. The summed E-state index contributed by atoms with van der Waals surface area (Å²) in [6.07, 6.45) is 4.32. The van der Waals surface area contributed by atoms with E-state index in [0.717, 1.165) is 19.3 Å². The molecular weight excluding hydrogens is 258 g/mol. The maximum Gasteiger partial charge on any atom is 0.148 e. The standard InChI is InChI=1S/C11H23NO3S2/c1-9-4-5-10(12-2)11(8-9)16(13)6-7-17(3,14)15/h9-12H,4-8H2,1-3H3. The molecule has 1 aliphatic carbocycles. The molecule has 17 heavy (non-hydrogen) atoms. The Kier molecular flexibility index (Phi) is 5.60. The van der Waals surface area contributed by atoms with Gasteiger partial charge in [-0.1, -0.05) is 6.92 Å². The zero-order valence-electron chi connectivity index (χ0n) is 10.8. The molecule has 0 aromatic carbocycles. The molecule has 102 valence electrons. The van der Waals surface area contributed by atoms with Crippen LogP contribution in [0.2, 0.25) is 0 Å². The van der Waals surface area contributed by atoms with Gasteiger partial charge in [-0.25, -0.2) is 8.42 Å². The predicted octanol–water partition coefficient (Wildman–Crippen LogP) is 0.556. The Morgan fingerprint density at radius 1 is 1.35 bits per heavy atom. The SMILES string of the molecule is CNC1CCC(C)CC1S(=O)CCS(C)(=O)=O. The van der Waals surface area contributed by atoms with Crippen molar-refractivity contribution in [3.05, 3.63) is 0 Å². The normalized spacial score (nSPS) is 32.3. The second-order valence-electron chi connectivity index (χ2n) is 5.07. The number of hydrogen-bond donors (Lipinski definition) is 1. The van der Waals surface area contributed by atoms with E-state index in [2.05, 4.69) is 12.2 Å². The first-order valence-electron chi connectivity index (χ1n) is 6.05. The van der Waals surface area contributed by atoms with Gasteiger partial charge in [0.1, 0.15) is 9.84 Å². The summed E-state index contributed by atoms with van der Waals surface area (Å²) < 4.78 is 34.3. The smallest absolute Gasteiger partial charge is 0.148 e. The molecule has 0 heterocycles. The Morgan fingerprint density at radius 3 is 2.53 bits per heavy atom. The molecule has 4 unspecified atom stereocenters. The molecule has 0 spiro atoms. The summed E-state index contributed by atoms with van der Waals surface area (Å²) in [5.74, 6) is 0.891. The van der Waals surface area contributed by atoms with Crippen LogP contribution in [0.4, 0.5) is 0 Å². The topological polar surface area (TPSA) is 63.2 Å². The van der Waals surface area contributed by atoms with Gasteiger partial charge < -0.3 is 5.32 Å². The minimum Gasteiger partial charge on any atom is -0.316 e. The van der Waals surface area contributed by atoms with Crippen LogP contribution in [0.25, 0.3) is 0 Å². The van der Waals surface area contributed by atoms with Crippen molar-refractivity contribution in [1.29, 1.82) is 0 Å². The van der Waals surface area contributed by atoms with Gasteiger partial charge in [0.2, 0.25) is 0 Å². The van der Waals surface area contributed by atoms with Crippen molar-refractivity contribution in [3.8, 4) is 0 Å². The zero-order chi connectivity index (χ0) is 13.1. The summed E-state index contributed by atoms with van der Waals surface area (Å²) in [4.78, 5) is 0. The average molecular weight is 281 g/mol. The Labute approximate surface area is 107 Å². The Bertz CT molecular complexity index is 367. The Hall–Kier alpha value is 0.0600. The van der Waals surface area contributed by atoms with E-state index in [-0.39, 0.29) is 22.8 Å². The molecule has 0 aromatic heterocycles. The van der Waals surface area contributed by atoms with Crippen LogP contribution in [-0.4, -0.2) is 48.7 Å². The van der Waals surface area contributed by atoms with Gasteiger partial charge in [0.25, 0.3) is 0 Å². The quantitative estimate of drug-likeness (QED) is 0.799. The molecule has 1 N–H and O–H groups in total. The highest BCUT2D eigenvalue weighted by Gasteiger charge is 2.31. The summed E-state index contributed by atoms with van der Waals surface area (Å²) >= 11 is 0. The minimum atomic E-state index is -3.01. The summed E-state index contributed by atoms with van der Waals surface area (Å²) in [6, 6.07) is 0.270. The third-order valence-corrected chi connectivity index (χ3v) is 6.42. The lowest BCUT2D eigenvalue weighted by atomic mass is 9.87. The molecule has 0 amide bonds. The van der Waals surface area contributed by atoms with E-state index < -0.39 is 20.6 Å². The van der Waals surface area contributed by atoms with E-state index in [9.17, 15) is 12.6 Å². The highest BCUT2D eigenvalue weighted by Crippen LogP contribution is 2.27. The van der Waals surface area contributed by atoms with Crippen molar-refractivity contribution in [2.75, 3.05) is 24.8 Å². The largest absolute Gasteiger partial charge is 0.316 e. The van der Waals surface area contributed by atoms with Gasteiger partial charge in [-0.15, -0.1) is 0 Å². The van der Waals surface area contributed by atoms with Crippen molar-refractivity contribution >= 4 is 20.6 Å².